The zero-order valence-electron chi connectivity index (χ0n) is 15.5. The van der Waals surface area contributed by atoms with Gasteiger partial charge in [0.2, 0.25) is 0 Å². The first kappa shape index (κ1) is 20.3. The first-order chi connectivity index (χ1) is 13.6. The molecular weight excluding hydrogens is 377 g/mol. The molecule has 3 aromatic rings. The van der Waals surface area contributed by atoms with E-state index in [4.69, 9.17) is 16.3 Å². The van der Waals surface area contributed by atoms with Crippen LogP contribution in [0, 0.1) is 5.82 Å². The minimum absolute atomic E-state index is 0.143. The molecule has 0 spiro atoms. The summed E-state index contributed by atoms with van der Waals surface area (Å²) in [5, 5.41) is 11.1. The summed E-state index contributed by atoms with van der Waals surface area (Å²) < 4.78 is 19.7. The fraction of sp³-hybridized carbons (Fsp3) is 0.217. The quantitative estimate of drug-likeness (QED) is 0.554. The third-order valence-corrected chi connectivity index (χ3v) is 4.58. The average molecular weight is 400 g/mol. The molecule has 0 fully saturated rings. The van der Waals surface area contributed by atoms with E-state index in [9.17, 15) is 9.50 Å². The molecule has 3 rings (SSSR count). The molecule has 0 heterocycles. The van der Waals surface area contributed by atoms with E-state index >= 15 is 0 Å². The van der Waals surface area contributed by atoms with Crippen molar-refractivity contribution in [2.45, 2.75) is 19.2 Å². The minimum atomic E-state index is -0.717. The fourth-order valence-electron chi connectivity index (χ4n) is 2.97. The van der Waals surface area contributed by atoms with Gasteiger partial charge in [0.05, 0.1) is 0 Å². The third-order valence-electron chi connectivity index (χ3n) is 4.33. The Labute approximate surface area is 170 Å². The van der Waals surface area contributed by atoms with Gasteiger partial charge in [-0.2, -0.15) is 0 Å². The van der Waals surface area contributed by atoms with E-state index in [-0.39, 0.29) is 12.4 Å². The number of aliphatic hydroxyl groups is 1. The molecule has 0 aromatic heterocycles. The number of hydrogen-bond donors (Lipinski definition) is 1. The Morgan fingerprint density at radius 3 is 2.29 bits per heavy atom. The molecule has 3 nitrogen and oxygen atoms in total. The number of benzene rings is 3. The normalized spacial score (nSPS) is 12.1. The summed E-state index contributed by atoms with van der Waals surface area (Å²) in [4.78, 5) is 2.02. The van der Waals surface area contributed by atoms with Gasteiger partial charge in [0.15, 0.2) is 0 Å². The largest absolute Gasteiger partial charge is 0.491 e. The Morgan fingerprint density at radius 2 is 1.57 bits per heavy atom. The molecule has 1 unspecified atom stereocenters. The summed E-state index contributed by atoms with van der Waals surface area (Å²) in [6.07, 6.45) is -0.717. The van der Waals surface area contributed by atoms with Crippen LogP contribution in [0.4, 0.5) is 4.39 Å². The van der Waals surface area contributed by atoms with Crippen molar-refractivity contribution in [3.05, 3.63) is 101 Å². The van der Waals surface area contributed by atoms with E-state index in [2.05, 4.69) is 0 Å². The van der Waals surface area contributed by atoms with Crippen molar-refractivity contribution in [1.82, 2.24) is 4.90 Å². The maximum Gasteiger partial charge on any atom is 0.127 e. The highest BCUT2D eigenvalue weighted by Crippen LogP contribution is 2.17. The van der Waals surface area contributed by atoms with E-state index in [1.165, 1.54) is 6.07 Å². The molecule has 0 amide bonds. The molecule has 0 radical (unpaired) electrons. The van der Waals surface area contributed by atoms with Gasteiger partial charge in [-0.3, -0.25) is 4.90 Å². The number of hydrogen-bond acceptors (Lipinski definition) is 3. The summed E-state index contributed by atoms with van der Waals surface area (Å²) in [5.74, 6) is 0.402. The number of halogens is 2. The van der Waals surface area contributed by atoms with Crippen LogP contribution in [0.2, 0.25) is 5.02 Å². The van der Waals surface area contributed by atoms with Crippen LogP contribution in [-0.2, 0) is 13.1 Å². The number of ether oxygens (including phenoxy) is 1. The van der Waals surface area contributed by atoms with E-state index in [0.717, 1.165) is 5.56 Å². The van der Waals surface area contributed by atoms with Gasteiger partial charge in [-0.1, -0.05) is 60.1 Å². The molecule has 0 saturated heterocycles. The second-order valence-electron chi connectivity index (χ2n) is 6.67. The number of aliphatic hydroxyl groups excluding tert-OH is 1. The van der Waals surface area contributed by atoms with E-state index < -0.39 is 6.10 Å². The molecule has 146 valence electrons. The van der Waals surface area contributed by atoms with Gasteiger partial charge in [-0.15, -0.1) is 0 Å². The van der Waals surface area contributed by atoms with Gasteiger partial charge in [0.25, 0.3) is 0 Å². The summed E-state index contributed by atoms with van der Waals surface area (Å²) >= 11 is 5.87. The lowest BCUT2D eigenvalue weighted by molar-refractivity contribution is 0.0624. The molecule has 0 aliphatic carbocycles. The first-order valence-corrected chi connectivity index (χ1v) is 9.54. The zero-order valence-corrected chi connectivity index (χ0v) is 16.2. The van der Waals surface area contributed by atoms with E-state index in [1.54, 1.807) is 36.4 Å². The molecule has 1 atom stereocenters. The Morgan fingerprint density at radius 1 is 0.893 bits per heavy atom. The van der Waals surface area contributed by atoms with Crippen molar-refractivity contribution in [1.29, 1.82) is 0 Å². The van der Waals surface area contributed by atoms with Gasteiger partial charge in [-0.05, 0) is 35.9 Å². The highest BCUT2D eigenvalue weighted by molar-refractivity contribution is 6.30. The van der Waals surface area contributed by atoms with Crippen molar-refractivity contribution in [3.8, 4) is 5.75 Å². The second-order valence-corrected chi connectivity index (χ2v) is 7.10. The summed E-state index contributed by atoms with van der Waals surface area (Å²) in [5.41, 5.74) is 1.70. The van der Waals surface area contributed by atoms with Crippen LogP contribution in [0.1, 0.15) is 11.1 Å². The van der Waals surface area contributed by atoms with Crippen molar-refractivity contribution in [3.63, 3.8) is 0 Å². The Hall–Kier alpha value is -2.40. The van der Waals surface area contributed by atoms with Crippen LogP contribution >= 0.6 is 11.6 Å². The molecule has 3 aromatic carbocycles. The summed E-state index contributed by atoms with van der Waals surface area (Å²) in [6.45, 7) is 1.51. The predicted molar refractivity (Wildman–Crippen MR) is 110 cm³/mol. The zero-order chi connectivity index (χ0) is 19.8. The molecular formula is C23H23ClFNO2. The third kappa shape index (κ3) is 6.34. The molecule has 0 bridgehead atoms. The topological polar surface area (TPSA) is 32.7 Å². The monoisotopic (exact) mass is 399 g/mol. The highest BCUT2D eigenvalue weighted by Gasteiger charge is 2.15. The Balaban J connectivity index is 1.63. The molecule has 0 aliphatic rings. The highest BCUT2D eigenvalue weighted by atomic mass is 35.5. The summed E-state index contributed by atoms with van der Waals surface area (Å²) in [6, 6.07) is 23.6. The smallest absolute Gasteiger partial charge is 0.127 e. The van der Waals surface area contributed by atoms with Crippen LogP contribution in [0.3, 0.4) is 0 Å². The first-order valence-electron chi connectivity index (χ1n) is 9.16. The van der Waals surface area contributed by atoms with Gasteiger partial charge in [-0.25, -0.2) is 4.39 Å². The maximum absolute atomic E-state index is 14.1. The lowest BCUT2D eigenvalue weighted by Crippen LogP contribution is -2.35. The lowest BCUT2D eigenvalue weighted by Gasteiger charge is -2.25. The van der Waals surface area contributed by atoms with E-state index in [0.29, 0.717) is 36.0 Å². The Bertz CT molecular complexity index is 858. The predicted octanol–water partition coefficient (Wildman–Crippen LogP) is 4.92. The van der Waals surface area contributed by atoms with Crippen molar-refractivity contribution < 1.29 is 14.2 Å². The van der Waals surface area contributed by atoms with Crippen molar-refractivity contribution >= 4 is 11.6 Å². The van der Waals surface area contributed by atoms with Gasteiger partial charge >= 0.3 is 0 Å². The van der Waals surface area contributed by atoms with Crippen LogP contribution in [0.5, 0.6) is 5.75 Å². The average Bonchev–Trinajstić information content (AvgIpc) is 2.70. The van der Waals surface area contributed by atoms with E-state index in [1.807, 2.05) is 41.3 Å². The molecule has 1 N–H and O–H groups in total. The fourth-order valence-corrected chi connectivity index (χ4v) is 3.09. The summed E-state index contributed by atoms with van der Waals surface area (Å²) in [7, 11) is 0. The van der Waals surface area contributed by atoms with Crippen LogP contribution in [0.25, 0.3) is 0 Å². The molecule has 0 aliphatic heterocycles. The number of nitrogens with zero attached hydrogens (tertiary/aromatic N) is 1. The minimum Gasteiger partial charge on any atom is -0.491 e. The maximum atomic E-state index is 14.1. The molecule has 0 saturated carbocycles. The van der Waals surface area contributed by atoms with Crippen LogP contribution in [-0.4, -0.2) is 29.3 Å². The lowest BCUT2D eigenvalue weighted by atomic mass is 10.1. The SMILES string of the molecule is OC(COc1ccc(Cl)cc1)CN(Cc1ccccc1)Cc1ccccc1F. The molecule has 28 heavy (non-hydrogen) atoms. The van der Waals surface area contributed by atoms with Crippen LogP contribution in [0.15, 0.2) is 78.9 Å². The van der Waals surface area contributed by atoms with Gasteiger partial charge in [0, 0.05) is 30.2 Å². The second kappa shape index (κ2) is 10.2. The Kier molecular flexibility index (Phi) is 7.43. The van der Waals surface area contributed by atoms with Gasteiger partial charge < -0.3 is 9.84 Å². The van der Waals surface area contributed by atoms with Crippen molar-refractivity contribution in [2.24, 2.45) is 0 Å². The van der Waals surface area contributed by atoms with Gasteiger partial charge in [0.1, 0.15) is 24.3 Å². The molecule has 5 heteroatoms. The number of rotatable bonds is 9. The van der Waals surface area contributed by atoms with Crippen LogP contribution < -0.4 is 4.74 Å². The van der Waals surface area contributed by atoms with Crippen molar-refractivity contribution in [2.75, 3.05) is 13.2 Å². The standard InChI is InChI=1S/C23H23ClFNO2/c24-20-10-12-22(13-11-20)28-17-21(27)16-26(14-18-6-2-1-3-7-18)15-19-8-4-5-9-23(19)25/h1-13,21,27H,14-17H2.